The molecule has 0 saturated carbocycles. The Morgan fingerprint density at radius 3 is 2.51 bits per heavy atom. The fraction of sp³-hybridized carbons (Fsp3) is 0.273. The molecule has 2 aliphatic heterocycles. The Morgan fingerprint density at radius 1 is 1.02 bits per heavy atom. The van der Waals surface area contributed by atoms with E-state index in [1.807, 2.05) is 49.4 Å². The van der Waals surface area contributed by atoms with Crippen molar-refractivity contribution in [3.63, 3.8) is 0 Å². The molecule has 4 aromatic rings. The number of hydrogen-bond donors (Lipinski definition) is 1. The molecule has 2 unspecified atom stereocenters. The Hall–Kier alpha value is -4.29. The molecule has 2 aromatic carbocycles. The Labute approximate surface area is 271 Å². The maximum absolute atomic E-state index is 14.5. The summed E-state index contributed by atoms with van der Waals surface area (Å²) < 4.78 is 30.9. The van der Waals surface area contributed by atoms with E-state index in [4.69, 9.17) is 0 Å². The van der Waals surface area contributed by atoms with Crippen LogP contribution in [0.25, 0.3) is 0 Å². The van der Waals surface area contributed by atoms with Gasteiger partial charge in [0.2, 0.25) is 5.91 Å². The van der Waals surface area contributed by atoms with Gasteiger partial charge in [-0.05, 0) is 66.3 Å². The van der Waals surface area contributed by atoms with E-state index in [0.717, 1.165) is 15.6 Å². The number of amides is 2. The lowest BCUT2D eigenvalue weighted by molar-refractivity contribution is -0.148. The number of sulfonamides is 1. The second kappa shape index (κ2) is 13.0. The van der Waals surface area contributed by atoms with Crippen LogP contribution in [0, 0.1) is 0 Å². The molecule has 2 amide bonds. The second-order valence-electron chi connectivity index (χ2n) is 11.1. The number of nitrogens with zero attached hydrogens (tertiary/aromatic N) is 5. The third kappa shape index (κ3) is 6.16. The van der Waals surface area contributed by atoms with Crippen molar-refractivity contribution < 1.29 is 18.0 Å². The van der Waals surface area contributed by atoms with E-state index in [-0.39, 0.29) is 42.0 Å². The van der Waals surface area contributed by atoms with Gasteiger partial charge < -0.3 is 9.88 Å². The van der Waals surface area contributed by atoms with Crippen molar-refractivity contribution >= 4 is 37.8 Å². The number of hydrogen-bond acceptors (Lipinski definition) is 6. The van der Waals surface area contributed by atoms with Crippen molar-refractivity contribution in [3.8, 4) is 0 Å². The fourth-order valence-electron chi connectivity index (χ4n) is 6.08. The van der Waals surface area contributed by atoms with Gasteiger partial charge in [0, 0.05) is 60.4 Å². The quantitative estimate of drug-likeness (QED) is 0.260. The van der Waals surface area contributed by atoms with E-state index < -0.39 is 22.0 Å². The van der Waals surface area contributed by atoms with Gasteiger partial charge in [-0.25, -0.2) is 17.7 Å². The number of nitrogens with one attached hydrogen (secondary N) is 1. The number of aromatic nitrogens is 3. The van der Waals surface area contributed by atoms with Crippen LogP contribution >= 0.6 is 15.9 Å². The summed E-state index contributed by atoms with van der Waals surface area (Å²) in [6, 6.07) is 17.6. The van der Waals surface area contributed by atoms with E-state index in [1.165, 1.54) is 15.4 Å². The second-order valence-corrected chi connectivity index (χ2v) is 13.8. The lowest BCUT2D eigenvalue weighted by Gasteiger charge is -2.48. The highest BCUT2D eigenvalue weighted by Gasteiger charge is 2.49. The molecule has 0 radical (unpaired) electrons. The van der Waals surface area contributed by atoms with E-state index in [2.05, 4.69) is 30.9 Å². The van der Waals surface area contributed by atoms with E-state index in [1.54, 1.807) is 48.0 Å². The minimum absolute atomic E-state index is 0.0325. The molecule has 2 atom stereocenters. The van der Waals surface area contributed by atoms with Crippen molar-refractivity contribution in [3.05, 3.63) is 124 Å². The average molecular weight is 690 g/mol. The first kappa shape index (κ1) is 30.7. The number of imidazole rings is 1. The van der Waals surface area contributed by atoms with Gasteiger partial charge in [-0.15, -0.1) is 0 Å². The third-order valence-electron chi connectivity index (χ3n) is 8.35. The van der Waals surface area contributed by atoms with Crippen molar-refractivity contribution in [1.29, 1.82) is 0 Å². The smallest absolute Gasteiger partial charge is 0.265 e. The maximum Gasteiger partial charge on any atom is 0.265 e. The summed E-state index contributed by atoms with van der Waals surface area (Å²) in [5.74, 6) is -0.939. The monoisotopic (exact) mass is 688 g/mol. The van der Waals surface area contributed by atoms with Crippen LogP contribution in [0.15, 0.2) is 107 Å². The molecule has 2 aromatic heterocycles. The van der Waals surface area contributed by atoms with Crippen LogP contribution in [-0.2, 0) is 38.9 Å². The number of H-pyrrole nitrogens is 1. The third-order valence-corrected chi connectivity index (χ3v) is 10.7. The topological polar surface area (TPSA) is 120 Å². The largest absolute Gasteiger partial charge is 0.348 e. The van der Waals surface area contributed by atoms with Crippen LogP contribution in [0.1, 0.15) is 41.6 Å². The highest BCUT2D eigenvalue weighted by molar-refractivity contribution is 9.10. The first-order valence-electron chi connectivity index (χ1n) is 14.8. The summed E-state index contributed by atoms with van der Waals surface area (Å²) in [6.07, 6.45) is 9.53. The van der Waals surface area contributed by atoms with Gasteiger partial charge in [-0.3, -0.25) is 19.5 Å². The molecule has 45 heavy (non-hydrogen) atoms. The SMILES string of the molecule is CCc1cc(Br)ccc1S(=O)(=O)N1CCC(=O)N2C1=CN(CCc1ccncc1)C(=O)C2C(Cc1ccccc1)c1cnc[nH]1. The molecule has 12 heteroatoms. The predicted octanol–water partition coefficient (Wildman–Crippen LogP) is 4.63. The Bertz CT molecular complexity index is 1820. The normalized spacial score (nSPS) is 17.7. The molecule has 2 aliphatic rings. The number of halogens is 1. The molecular formula is C33H33BrN6O4S. The molecular weight excluding hydrogens is 656 g/mol. The van der Waals surface area contributed by atoms with Crippen LogP contribution < -0.4 is 0 Å². The summed E-state index contributed by atoms with van der Waals surface area (Å²) in [4.78, 5) is 43.0. The van der Waals surface area contributed by atoms with Crippen LogP contribution in [0.4, 0.5) is 0 Å². The van der Waals surface area contributed by atoms with Gasteiger partial charge in [-0.2, -0.15) is 0 Å². The summed E-state index contributed by atoms with van der Waals surface area (Å²) >= 11 is 3.46. The molecule has 1 N–H and O–H groups in total. The van der Waals surface area contributed by atoms with Gasteiger partial charge in [0.15, 0.2) is 0 Å². The van der Waals surface area contributed by atoms with Gasteiger partial charge in [-0.1, -0.05) is 53.2 Å². The fourth-order valence-corrected chi connectivity index (χ4v) is 8.21. The van der Waals surface area contributed by atoms with Crippen molar-refractivity contribution in [2.24, 2.45) is 0 Å². The number of aryl methyl sites for hydroxylation is 1. The van der Waals surface area contributed by atoms with E-state index in [0.29, 0.717) is 30.5 Å². The summed E-state index contributed by atoms with van der Waals surface area (Å²) in [6.45, 7) is 2.16. The minimum atomic E-state index is -4.10. The number of rotatable bonds is 10. The molecule has 232 valence electrons. The van der Waals surface area contributed by atoms with Crippen LogP contribution in [0.5, 0.6) is 0 Å². The molecule has 10 nitrogen and oxygen atoms in total. The summed E-state index contributed by atoms with van der Waals surface area (Å²) in [7, 11) is -4.10. The van der Waals surface area contributed by atoms with Gasteiger partial charge in [0.1, 0.15) is 11.9 Å². The van der Waals surface area contributed by atoms with Gasteiger partial charge >= 0.3 is 0 Å². The van der Waals surface area contributed by atoms with Gasteiger partial charge in [0.05, 0.1) is 11.2 Å². The van der Waals surface area contributed by atoms with Gasteiger partial charge in [0.25, 0.3) is 15.9 Å². The van der Waals surface area contributed by atoms with E-state index >= 15 is 0 Å². The molecule has 0 aliphatic carbocycles. The van der Waals surface area contributed by atoms with Crippen LogP contribution in [0.3, 0.4) is 0 Å². The number of carbonyl (C=O) groups excluding carboxylic acids is 2. The van der Waals surface area contributed by atoms with Crippen molar-refractivity contribution in [2.45, 2.75) is 49.5 Å². The average Bonchev–Trinajstić information content (AvgIpc) is 3.59. The highest BCUT2D eigenvalue weighted by atomic mass is 79.9. The minimum Gasteiger partial charge on any atom is -0.348 e. The number of benzene rings is 2. The maximum atomic E-state index is 14.5. The Morgan fingerprint density at radius 2 is 1.80 bits per heavy atom. The molecule has 1 fully saturated rings. The lowest BCUT2D eigenvalue weighted by Crippen LogP contribution is -2.62. The summed E-state index contributed by atoms with van der Waals surface area (Å²) in [5.41, 5.74) is 3.30. The molecule has 6 rings (SSSR count). The molecule has 0 spiro atoms. The van der Waals surface area contributed by atoms with Crippen molar-refractivity contribution in [1.82, 2.24) is 29.1 Å². The zero-order valence-corrected chi connectivity index (χ0v) is 27.1. The molecule has 4 heterocycles. The number of pyridine rings is 1. The zero-order valence-electron chi connectivity index (χ0n) is 24.7. The molecule has 1 saturated heterocycles. The Kier molecular flexibility index (Phi) is 8.86. The van der Waals surface area contributed by atoms with Crippen LogP contribution in [-0.4, -0.2) is 68.4 Å². The predicted molar refractivity (Wildman–Crippen MR) is 172 cm³/mol. The first-order chi connectivity index (χ1) is 21.8. The number of fused-ring (bicyclic) bond motifs is 1. The Balaban J connectivity index is 1.47. The highest BCUT2D eigenvalue weighted by Crippen LogP contribution is 2.39. The van der Waals surface area contributed by atoms with Crippen molar-refractivity contribution in [2.75, 3.05) is 13.1 Å². The standard InChI is InChI=1S/C33H33BrN6O4S/c1-2-25-19-26(34)8-9-29(25)45(43,44)39-17-13-31(41)40-30(39)21-38(16-12-23-10-14-35-15-11-23)33(42)32(40)27(28-20-36-22-37-28)18-24-6-4-3-5-7-24/h3-11,14-15,19-22,27,32H,2,12-13,16-18H2,1H3,(H,36,37). The zero-order chi connectivity index (χ0) is 31.6. The number of carbonyl (C=O) groups is 2. The molecule has 0 bridgehead atoms. The lowest BCUT2D eigenvalue weighted by atomic mass is 9.86. The number of aromatic amines is 1. The van der Waals surface area contributed by atoms with Crippen LogP contribution in [0.2, 0.25) is 0 Å². The first-order valence-corrected chi connectivity index (χ1v) is 17.1. The van der Waals surface area contributed by atoms with E-state index in [9.17, 15) is 18.0 Å². The summed E-state index contributed by atoms with van der Waals surface area (Å²) in [5, 5.41) is 0.